The molecule has 2 rings (SSSR count). The minimum Gasteiger partial charge on any atom is -0.330 e. The summed E-state index contributed by atoms with van der Waals surface area (Å²) < 4.78 is 0. The fourth-order valence-corrected chi connectivity index (χ4v) is 3.61. The van der Waals surface area contributed by atoms with E-state index in [1.165, 1.54) is 29.8 Å². The van der Waals surface area contributed by atoms with Gasteiger partial charge in [0, 0.05) is 11.3 Å². The molecule has 0 spiro atoms. The van der Waals surface area contributed by atoms with Crippen LogP contribution in [0.4, 0.5) is 5.13 Å². The van der Waals surface area contributed by atoms with Crippen molar-refractivity contribution in [2.24, 2.45) is 5.73 Å². The standard InChI is InChI=1S/C15H25N3OS.ClH/c16-11-7-2-1-6-10-14(19)18-15-17-12-8-4-3-5-9-13(12)20-15;/h1-11,16H2,(H,17,18,19);1H. The Kier molecular flexibility index (Phi) is 8.88. The molecule has 0 saturated carbocycles. The lowest BCUT2D eigenvalue weighted by Crippen LogP contribution is -2.11. The van der Waals surface area contributed by atoms with Crippen molar-refractivity contribution in [1.82, 2.24) is 4.98 Å². The minimum absolute atomic E-state index is 0. The number of halogens is 1. The summed E-state index contributed by atoms with van der Waals surface area (Å²) in [5.74, 6) is 0.0988. The van der Waals surface area contributed by atoms with Gasteiger partial charge >= 0.3 is 0 Å². The number of fused-ring (bicyclic) bond motifs is 1. The Morgan fingerprint density at radius 2 is 1.90 bits per heavy atom. The van der Waals surface area contributed by atoms with E-state index in [1.807, 2.05) is 0 Å². The van der Waals surface area contributed by atoms with Gasteiger partial charge in [0.1, 0.15) is 0 Å². The van der Waals surface area contributed by atoms with Gasteiger partial charge in [-0.25, -0.2) is 4.98 Å². The largest absolute Gasteiger partial charge is 0.330 e. The normalized spacial score (nSPS) is 14.0. The van der Waals surface area contributed by atoms with Crippen LogP contribution in [0.2, 0.25) is 0 Å². The maximum Gasteiger partial charge on any atom is 0.226 e. The molecule has 1 aromatic heterocycles. The molecular formula is C15H26ClN3OS. The van der Waals surface area contributed by atoms with Crippen LogP contribution in [0, 0.1) is 0 Å². The van der Waals surface area contributed by atoms with Gasteiger partial charge in [-0.05, 0) is 45.1 Å². The number of nitrogens with zero attached hydrogens (tertiary/aromatic N) is 1. The van der Waals surface area contributed by atoms with Crippen molar-refractivity contribution >= 4 is 34.8 Å². The third-order valence-corrected chi connectivity index (χ3v) is 4.77. The molecule has 1 aromatic rings. The third-order valence-electron chi connectivity index (χ3n) is 3.70. The molecule has 0 saturated heterocycles. The fraction of sp³-hybridized carbons (Fsp3) is 0.733. The first kappa shape index (κ1) is 18.4. The Morgan fingerprint density at radius 3 is 2.71 bits per heavy atom. The summed E-state index contributed by atoms with van der Waals surface area (Å²) in [4.78, 5) is 17.8. The van der Waals surface area contributed by atoms with Crippen LogP contribution in [0.1, 0.15) is 61.9 Å². The van der Waals surface area contributed by atoms with Crippen molar-refractivity contribution < 1.29 is 4.79 Å². The number of amides is 1. The number of carbonyl (C=O) groups is 1. The molecule has 1 amide bonds. The maximum absolute atomic E-state index is 11.9. The Hall–Kier alpha value is -0.650. The summed E-state index contributed by atoms with van der Waals surface area (Å²) >= 11 is 1.66. The Balaban J connectivity index is 0.00000220. The predicted octanol–water partition coefficient (Wildman–Crippen LogP) is 3.68. The van der Waals surface area contributed by atoms with Gasteiger partial charge in [-0.3, -0.25) is 4.79 Å². The summed E-state index contributed by atoms with van der Waals surface area (Å²) in [6.45, 7) is 0.747. The van der Waals surface area contributed by atoms with Crippen LogP contribution in [-0.4, -0.2) is 17.4 Å². The molecular weight excluding hydrogens is 306 g/mol. The van der Waals surface area contributed by atoms with Crippen molar-refractivity contribution in [3.05, 3.63) is 10.6 Å². The SMILES string of the molecule is Cl.NCCCCCCC(=O)Nc1nc2c(s1)CCCCC2. The highest BCUT2D eigenvalue weighted by atomic mass is 35.5. The molecule has 0 bridgehead atoms. The van der Waals surface area contributed by atoms with Crippen molar-refractivity contribution in [2.45, 2.75) is 64.2 Å². The highest BCUT2D eigenvalue weighted by Crippen LogP contribution is 2.28. The lowest BCUT2D eigenvalue weighted by atomic mass is 10.1. The first-order valence-corrected chi connectivity index (χ1v) is 8.59. The molecule has 0 radical (unpaired) electrons. The number of nitrogens with one attached hydrogen (secondary N) is 1. The zero-order valence-corrected chi connectivity index (χ0v) is 14.2. The summed E-state index contributed by atoms with van der Waals surface area (Å²) in [5, 5.41) is 3.75. The van der Waals surface area contributed by atoms with E-state index in [9.17, 15) is 4.79 Å². The molecule has 0 fully saturated rings. The number of anilines is 1. The van der Waals surface area contributed by atoms with Crippen LogP contribution in [0.15, 0.2) is 0 Å². The zero-order valence-electron chi connectivity index (χ0n) is 12.5. The average molecular weight is 332 g/mol. The van der Waals surface area contributed by atoms with E-state index < -0.39 is 0 Å². The molecule has 1 aliphatic carbocycles. The lowest BCUT2D eigenvalue weighted by Gasteiger charge is -2.01. The van der Waals surface area contributed by atoms with Crippen LogP contribution in [-0.2, 0) is 17.6 Å². The highest BCUT2D eigenvalue weighted by molar-refractivity contribution is 7.15. The topological polar surface area (TPSA) is 68.0 Å². The molecule has 0 aromatic carbocycles. The van der Waals surface area contributed by atoms with E-state index in [-0.39, 0.29) is 18.3 Å². The molecule has 4 nitrogen and oxygen atoms in total. The second-order valence-corrected chi connectivity index (χ2v) is 6.53. The number of rotatable bonds is 7. The van der Waals surface area contributed by atoms with Gasteiger partial charge in [-0.2, -0.15) is 0 Å². The Morgan fingerprint density at radius 1 is 1.14 bits per heavy atom. The highest BCUT2D eigenvalue weighted by Gasteiger charge is 2.15. The van der Waals surface area contributed by atoms with Gasteiger partial charge in [0.05, 0.1) is 5.69 Å². The molecule has 0 unspecified atom stereocenters. The van der Waals surface area contributed by atoms with E-state index in [1.54, 1.807) is 11.3 Å². The minimum atomic E-state index is 0. The van der Waals surface area contributed by atoms with E-state index in [0.29, 0.717) is 6.42 Å². The quantitative estimate of drug-likeness (QED) is 0.591. The van der Waals surface area contributed by atoms with E-state index in [0.717, 1.165) is 50.2 Å². The average Bonchev–Trinajstić information content (AvgIpc) is 2.67. The number of aryl methyl sites for hydroxylation is 2. The molecule has 1 heterocycles. The molecule has 0 aliphatic heterocycles. The van der Waals surface area contributed by atoms with Crippen molar-refractivity contribution in [2.75, 3.05) is 11.9 Å². The van der Waals surface area contributed by atoms with Crippen LogP contribution in [0.25, 0.3) is 0 Å². The van der Waals surface area contributed by atoms with Crippen LogP contribution in [0.5, 0.6) is 0 Å². The number of hydrogen-bond acceptors (Lipinski definition) is 4. The molecule has 6 heteroatoms. The van der Waals surface area contributed by atoms with Crippen LogP contribution < -0.4 is 11.1 Å². The summed E-state index contributed by atoms with van der Waals surface area (Å²) in [7, 11) is 0. The lowest BCUT2D eigenvalue weighted by molar-refractivity contribution is -0.116. The van der Waals surface area contributed by atoms with Crippen molar-refractivity contribution in [1.29, 1.82) is 0 Å². The van der Waals surface area contributed by atoms with Gasteiger partial charge in [0.2, 0.25) is 5.91 Å². The third kappa shape index (κ3) is 6.32. The first-order valence-electron chi connectivity index (χ1n) is 7.78. The smallest absolute Gasteiger partial charge is 0.226 e. The van der Waals surface area contributed by atoms with Gasteiger partial charge in [0.25, 0.3) is 0 Å². The second kappa shape index (κ2) is 10.1. The number of thiazole rings is 1. The number of hydrogen-bond donors (Lipinski definition) is 2. The van der Waals surface area contributed by atoms with Crippen molar-refractivity contribution in [3.63, 3.8) is 0 Å². The summed E-state index contributed by atoms with van der Waals surface area (Å²) in [6.07, 6.45) is 10.8. The Bertz CT molecular complexity index is 413. The monoisotopic (exact) mass is 331 g/mol. The first-order chi connectivity index (χ1) is 9.79. The predicted molar refractivity (Wildman–Crippen MR) is 91.4 cm³/mol. The van der Waals surface area contributed by atoms with Gasteiger partial charge in [-0.15, -0.1) is 23.7 Å². The maximum atomic E-state index is 11.9. The van der Waals surface area contributed by atoms with E-state index in [2.05, 4.69) is 10.3 Å². The number of carbonyl (C=O) groups excluding carboxylic acids is 1. The zero-order chi connectivity index (χ0) is 14.2. The second-order valence-electron chi connectivity index (χ2n) is 5.45. The molecule has 3 N–H and O–H groups in total. The van der Waals surface area contributed by atoms with E-state index in [4.69, 9.17) is 5.73 Å². The van der Waals surface area contributed by atoms with E-state index >= 15 is 0 Å². The van der Waals surface area contributed by atoms with Gasteiger partial charge in [-0.1, -0.05) is 19.3 Å². The molecule has 21 heavy (non-hydrogen) atoms. The van der Waals surface area contributed by atoms with Gasteiger partial charge in [0.15, 0.2) is 5.13 Å². The number of nitrogens with two attached hydrogens (primary N) is 1. The van der Waals surface area contributed by atoms with Crippen molar-refractivity contribution in [3.8, 4) is 0 Å². The number of unbranched alkanes of at least 4 members (excludes halogenated alkanes) is 3. The molecule has 120 valence electrons. The molecule has 0 atom stereocenters. The van der Waals surface area contributed by atoms with Gasteiger partial charge < -0.3 is 11.1 Å². The number of aromatic nitrogens is 1. The summed E-state index contributed by atoms with van der Waals surface area (Å²) in [5.41, 5.74) is 6.66. The van der Waals surface area contributed by atoms with Crippen LogP contribution in [0.3, 0.4) is 0 Å². The van der Waals surface area contributed by atoms with Crippen LogP contribution >= 0.6 is 23.7 Å². The Labute approximate surface area is 137 Å². The summed E-state index contributed by atoms with van der Waals surface area (Å²) in [6, 6.07) is 0. The molecule has 1 aliphatic rings. The fourth-order valence-electron chi connectivity index (χ4n) is 2.55.